The molecule has 1 atom stereocenters. The van der Waals surface area contributed by atoms with E-state index in [0.29, 0.717) is 6.54 Å². The van der Waals surface area contributed by atoms with Gasteiger partial charge in [-0.3, -0.25) is 9.69 Å². The normalized spacial score (nSPS) is 15.1. The van der Waals surface area contributed by atoms with E-state index >= 15 is 0 Å². The van der Waals surface area contributed by atoms with Gasteiger partial charge in [0.15, 0.2) is 0 Å². The van der Waals surface area contributed by atoms with E-state index in [0.717, 1.165) is 37.4 Å². The van der Waals surface area contributed by atoms with Gasteiger partial charge in [-0.25, -0.2) is 4.39 Å². The fraction of sp³-hybridized carbons (Fsp3) is 0.296. The van der Waals surface area contributed by atoms with E-state index in [1.54, 1.807) is 0 Å². The van der Waals surface area contributed by atoms with Crippen LogP contribution in [0.1, 0.15) is 22.0 Å². The number of hydrogen-bond acceptors (Lipinski definition) is 4. The van der Waals surface area contributed by atoms with Crippen molar-refractivity contribution in [2.45, 2.75) is 6.04 Å². The second kappa shape index (κ2) is 10.9. The lowest BCUT2D eigenvalue weighted by Gasteiger charge is -2.40. The van der Waals surface area contributed by atoms with E-state index in [9.17, 15) is 9.18 Å². The highest BCUT2D eigenvalue weighted by Crippen LogP contribution is 2.26. The lowest BCUT2D eigenvalue weighted by Crippen LogP contribution is -2.50. The van der Waals surface area contributed by atoms with Crippen LogP contribution in [0.3, 0.4) is 0 Å². The molecule has 1 aliphatic heterocycles. The molecule has 0 spiro atoms. The Morgan fingerprint density at radius 3 is 2.26 bits per heavy atom. The first kappa shape index (κ1) is 24.0. The van der Waals surface area contributed by atoms with Crippen LogP contribution in [0.4, 0.5) is 15.8 Å². The first-order valence-electron chi connectivity index (χ1n) is 11.5. The first-order chi connectivity index (χ1) is 16.4. The fourth-order valence-corrected chi connectivity index (χ4v) is 4.62. The summed E-state index contributed by atoms with van der Waals surface area (Å²) in [6.07, 6.45) is 0. The molecular formula is C27H30ClFN4O. The summed E-state index contributed by atoms with van der Waals surface area (Å²) in [4.78, 5) is 19.6. The summed E-state index contributed by atoms with van der Waals surface area (Å²) in [5.41, 5.74) is 3.33. The number of nitrogens with zero attached hydrogens (tertiary/aromatic N) is 3. The summed E-state index contributed by atoms with van der Waals surface area (Å²) in [7, 11) is 4.02. The maximum absolute atomic E-state index is 14.3. The van der Waals surface area contributed by atoms with Gasteiger partial charge in [0, 0.05) is 58.2 Å². The number of halogens is 2. The molecule has 0 radical (unpaired) electrons. The Hall–Kier alpha value is -3.09. The summed E-state index contributed by atoms with van der Waals surface area (Å²) >= 11 is 6.11. The van der Waals surface area contributed by atoms with E-state index < -0.39 is 11.7 Å². The second-order valence-corrected chi connectivity index (χ2v) is 9.07. The molecule has 178 valence electrons. The summed E-state index contributed by atoms with van der Waals surface area (Å²) in [5, 5.41) is 3.04. The quantitative estimate of drug-likeness (QED) is 0.525. The molecular weight excluding hydrogens is 451 g/mol. The first-order valence-corrected chi connectivity index (χ1v) is 11.9. The standard InChI is InChI=1S/C27H30ClFN4O/c1-31(2)21-13-11-20(12-14-21)25(19-30-27(34)26-23(28)9-6-10-24(26)29)33-17-15-32(16-18-33)22-7-4-3-5-8-22/h3-14,25H,15-19H2,1-2H3,(H,30,34). The molecule has 0 bridgehead atoms. The Labute approximate surface area is 205 Å². The van der Waals surface area contributed by atoms with Crippen molar-refractivity contribution in [1.82, 2.24) is 10.2 Å². The smallest absolute Gasteiger partial charge is 0.255 e. The third kappa shape index (κ3) is 5.51. The number of benzene rings is 3. The van der Waals surface area contributed by atoms with Crippen LogP contribution < -0.4 is 15.1 Å². The number of anilines is 2. The molecule has 1 unspecified atom stereocenters. The molecule has 4 rings (SSSR count). The van der Waals surface area contributed by atoms with Crippen LogP contribution in [0.25, 0.3) is 0 Å². The molecule has 1 heterocycles. The molecule has 0 aliphatic carbocycles. The molecule has 1 aliphatic rings. The molecule has 3 aromatic rings. The van der Waals surface area contributed by atoms with E-state index in [1.165, 1.54) is 23.9 Å². The van der Waals surface area contributed by atoms with E-state index in [4.69, 9.17) is 11.6 Å². The van der Waals surface area contributed by atoms with Crippen LogP contribution in [0.2, 0.25) is 5.02 Å². The van der Waals surface area contributed by atoms with Crippen LogP contribution in [-0.2, 0) is 0 Å². The second-order valence-electron chi connectivity index (χ2n) is 8.67. The van der Waals surface area contributed by atoms with E-state index in [1.807, 2.05) is 20.2 Å². The monoisotopic (exact) mass is 480 g/mol. The van der Waals surface area contributed by atoms with Crippen molar-refractivity contribution >= 4 is 28.9 Å². The maximum Gasteiger partial charge on any atom is 0.255 e. The summed E-state index contributed by atoms with van der Waals surface area (Å²) in [6.45, 7) is 3.85. The fourth-order valence-electron chi connectivity index (χ4n) is 4.38. The van der Waals surface area contributed by atoms with Crippen LogP contribution in [0.15, 0.2) is 72.8 Å². The molecule has 1 saturated heterocycles. The van der Waals surface area contributed by atoms with Gasteiger partial charge in [-0.2, -0.15) is 0 Å². The third-order valence-corrected chi connectivity index (χ3v) is 6.63. The Kier molecular flexibility index (Phi) is 7.70. The van der Waals surface area contributed by atoms with Gasteiger partial charge in [0.25, 0.3) is 5.91 Å². The maximum atomic E-state index is 14.3. The number of rotatable bonds is 7. The molecule has 1 amide bonds. The summed E-state index contributed by atoms with van der Waals surface area (Å²) in [6, 6.07) is 23.0. The zero-order valence-electron chi connectivity index (χ0n) is 19.5. The van der Waals surface area contributed by atoms with Gasteiger partial charge >= 0.3 is 0 Å². The van der Waals surface area contributed by atoms with Crippen molar-refractivity contribution in [1.29, 1.82) is 0 Å². The van der Waals surface area contributed by atoms with Gasteiger partial charge < -0.3 is 15.1 Å². The highest BCUT2D eigenvalue weighted by molar-refractivity contribution is 6.33. The average molecular weight is 481 g/mol. The number of amides is 1. The third-order valence-electron chi connectivity index (χ3n) is 6.32. The largest absolute Gasteiger partial charge is 0.378 e. The highest BCUT2D eigenvalue weighted by atomic mass is 35.5. The lowest BCUT2D eigenvalue weighted by atomic mass is 10.0. The van der Waals surface area contributed by atoms with Crippen molar-refractivity contribution in [3.8, 4) is 0 Å². The lowest BCUT2D eigenvalue weighted by molar-refractivity contribution is 0.0926. The molecule has 34 heavy (non-hydrogen) atoms. The van der Waals surface area contributed by atoms with Crippen molar-refractivity contribution in [3.63, 3.8) is 0 Å². The van der Waals surface area contributed by atoms with Gasteiger partial charge in [-0.1, -0.05) is 48.0 Å². The minimum absolute atomic E-state index is 0.0383. The predicted octanol–water partition coefficient (Wildman–Crippen LogP) is 4.84. The molecule has 1 fully saturated rings. The highest BCUT2D eigenvalue weighted by Gasteiger charge is 2.26. The Morgan fingerprint density at radius 1 is 0.971 bits per heavy atom. The summed E-state index contributed by atoms with van der Waals surface area (Å²) in [5.74, 6) is -1.12. The van der Waals surface area contributed by atoms with Crippen molar-refractivity contribution < 1.29 is 9.18 Å². The minimum atomic E-state index is -0.617. The van der Waals surface area contributed by atoms with E-state index in [-0.39, 0.29) is 16.6 Å². The van der Waals surface area contributed by atoms with Crippen molar-refractivity contribution in [3.05, 3.63) is 94.8 Å². The summed E-state index contributed by atoms with van der Waals surface area (Å²) < 4.78 is 14.3. The SMILES string of the molecule is CN(C)c1ccc(C(CNC(=O)c2c(F)cccc2Cl)N2CCN(c3ccccc3)CC2)cc1. The van der Waals surface area contributed by atoms with Gasteiger partial charge in [-0.15, -0.1) is 0 Å². The van der Waals surface area contributed by atoms with E-state index in [2.05, 4.69) is 68.5 Å². The number of piperazine rings is 1. The van der Waals surface area contributed by atoms with Gasteiger partial charge in [0.1, 0.15) is 5.82 Å². The Bertz CT molecular complexity index is 1080. The molecule has 1 N–H and O–H groups in total. The predicted molar refractivity (Wildman–Crippen MR) is 137 cm³/mol. The number of hydrogen-bond donors (Lipinski definition) is 1. The molecule has 5 nitrogen and oxygen atoms in total. The van der Waals surface area contributed by atoms with Crippen LogP contribution in [0, 0.1) is 5.82 Å². The topological polar surface area (TPSA) is 38.8 Å². The molecule has 3 aromatic carbocycles. The Morgan fingerprint density at radius 2 is 1.65 bits per heavy atom. The number of carbonyl (C=O) groups is 1. The number of carbonyl (C=O) groups excluding carboxylic acids is 1. The van der Waals surface area contributed by atoms with Crippen LogP contribution in [-0.4, -0.2) is 57.6 Å². The number of para-hydroxylation sites is 1. The van der Waals surface area contributed by atoms with Gasteiger partial charge in [-0.05, 0) is 42.0 Å². The molecule has 0 aromatic heterocycles. The molecule has 0 saturated carbocycles. The molecule has 7 heteroatoms. The van der Waals surface area contributed by atoms with Crippen molar-refractivity contribution in [2.75, 3.05) is 56.6 Å². The zero-order chi connectivity index (χ0) is 24.1. The minimum Gasteiger partial charge on any atom is -0.378 e. The van der Waals surface area contributed by atoms with Crippen LogP contribution in [0.5, 0.6) is 0 Å². The number of nitrogens with one attached hydrogen (secondary N) is 1. The van der Waals surface area contributed by atoms with Crippen molar-refractivity contribution in [2.24, 2.45) is 0 Å². The van der Waals surface area contributed by atoms with Crippen LogP contribution >= 0.6 is 11.6 Å². The average Bonchev–Trinajstić information content (AvgIpc) is 2.85. The van der Waals surface area contributed by atoms with Gasteiger partial charge in [0.05, 0.1) is 16.6 Å². The van der Waals surface area contributed by atoms with Gasteiger partial charge in [0.2, 0.25) is 0 Å². The Balaban J connectivity index is 1.51. The zero-order valence-corrected chi connectivity index (χ0v) is 20.3.